The molecule has 0 atom stereocenters. The number of benzene rings is 2. The third-order valence-corrected chi connectivity index (χ3v) is 5.99. The molecule has 1 aliphatic rings. The topological polar surface area (TPSA) is 97.6 Å². The molecular formula is C24H29N5O4. The van der Waals surface area contributed by atoms with Gasteiger partial charge < -0.3 is 20.3 Å². The third kappa shape index (κ3) is 4.57. The average Bonchev–Trinajstić information content (AvgIpc) is 3.03. The lowest BCUT2D eigenvalue weighted by molar-refractivity contribution is 0.0526. The lowest BCUT2D eigenvalue weighted by atomic mass is 10.1. The number of hydrogen-bond acceptors (Lipinski definition) is 5. The number of carbonyl (C=O) groups is 2. The molecule has 4 rings (SSSR count). The number of piperidine rings is 1. The highest BCUT2D eigenvalue weighted by Crippen LogP contribution is 2.33. The number of aryl methyl sites for hydroxylation is 2. The minimum atomic E-state index is -0.405. The van der Waals surface area contributed by atoms with E-state index in [4.69, 9.17) is 4.74 Å². The van der Waals surface area contributed by atoms with Gasteiger partial charge in [-0.25, -0.2) is 14.4 Å². The Balaban J connectivity index is 1.60. The van der Waals surface area contributed by atoms with Crippen LogP contribution < -0.4 is 21.2 Å². The molecule has 9 heteroatoms. The van der Waals surface area contributed by atoms with Crippen molar-refractivity contribution in [3.8, 4) is 0 Å². The number of fused-ring (bicyclic) bond motifs is 1. The Hall–Kier alpha value is -3.75. The van der Waals surface area contributed by atoms with E-state index in [1.54, 1.807) is 54.4 Å². The fraction of sp³-hybridized carbons (Fsp3) is 0.375. The molecular weight excluding hydrogens is 422 g/mol. The van der Waals surface area contributed by atoms with Gasteiger partial charge in [-0.2, -0.15) is 0 Å². The zero-order chi connectivity index (χ0) is 23.5. The van der Waals surface area contributed by atoms with Gasteiger partial charge in [0.05, 0.1) is 34.6 Å². The van der Waals surface area contributed by atoms with Crippen LogP contribution in [-0.2, 0) is 18.8 Å². The average molecular weight is 452 g/mol. The molecule has 2 heterocycles. The standard InChI is InChI=1S/C24H29N5O4/c1-4-33-22(30)16-8-10-17(11-9-16)25-23(31)26-18-14-20-21(28(3)24(32)27(20)2)15-19(18)29-12-6-5-7-13-29/h8-11,14-15H,4-7,12-13H2,1-3H3,(H2,25,26,31). The molecule has 0 radical (unpaired) electrons. The number of anilines is 3. The first-order valence-electron chi connectivity index (χ1n) is 11.2. The lowest BCUT2D eigenvalue weighted by Crippen LogP contribution is -2.31. The van der Waals surface area contributed by atoms with Crippen molar-refractivity contribution in [1.82, 2.24) is 9.13 Å². The Morgan fingerprint density at radius 3 is 2.21 bits per heavy atom. The Bertz CT molecular complexity index is 1240. The Labute approximate surface area is 191 Å². The van der Waals surface area contributed by atoms with Crippen molar-refractivity contribution in [2.24, 2.45) is 14.1 Å². The molecule has 0 saturated carbocycles. The fourth-order valence-corrected chi connectivity index (χ4v) is 4.22. The van der Waals surface area contributed by atoms with Crippen LogP contribution in [0.1, 0.15) is 36.5 Å². The van der Waals surface area contributed by atoms with Crippen molar-refractivity contribution < 1.29 is 14.3 Å². The van der Waals surface area contributed by atoms with Gasteiger partial charge in [-0.05, 0) is 62.6 Å². The zero-order valence-electron chi connectivity index (χ0n) is 19.2. The molecule has 1 aliphatic heterocycles. The molecule has 2 aromatic carbocycles. The van der Waals surface area contributed by atoms with E-state index < -0.39 is 12.0 Å². The Morgan fingerprint density at radius 1 is 0.939 bits per heavy atom. The number of nitrogens with zero attached hydrogens (tertiary/aromatic N) is 3. The van der Waals surface area contributed by atoms with Gasteiger partial charge in [0.1, 0.15) is 0 Å². The molecule has 0 bridgehead atoms. The van der Waals surface area contributed by atoms with Gasteiger partial charge in [-0.15, -0.1) is 0 Å². The van der Waals surface area contributed by atoms with Crippen LogP contribution in [0.3, 0.4) is 0 Å². The molecule has 0 aliphatic carbocycles. The number of hydrogen-bond donors (Lipinski definition) is 2. The largest absolute Gasteiger partial charge is 0.462 e. The predicted octanol–water partition coefficient (Wildman–Crippen LogP) is 3.69. The van der Waals surface area contributed by atoms with Crippen LogP contribution in [0.2, 0.25) is 0 Å². The van der Waals surface area contributed by atoms with Gasteiger partial charge in [0, 0.05) is 32.9 Å². The van der Waals surface area contributed by atoms with Crippen LogP contribution in [0, 0.1) is 0 Å². The van der Waals surface area contributed by atoms with E-state index in [1.807, 2.05) is 12.1 Å². The first-order chi connectivity index (χ1) is 15.9. The molecule has 2 amide bonds. The number of carbonyl (C=O) groups excluding carboxylic acids is 2. The highest BCUT2D eigenvalue weighted by Gasteiger charge is 2.20. The van der Waals surface area contributed by atoms with Gasteiger partial charge in [-0.3, -0.25) is 9.13 Å². The number of amides is 2. The van der Waals surface area contributed by atoms with E-state index in [0.29, 0.717) is 23.5 Å². The first kappa shape index (κ1) is 22.4. The zero-order valence-corrected chi connectivity index (χ0v) is 19.2. The van der Waals surface area contributed by atoms with E-state index in [2.05, 4.69) is 15.5 Å². The van der Waals surface area contributed by atoms with Gasteiger partial charge >= 0.3 is 17.7 Å². The molecule has 1 saturated heterocycles. The number of imidazole rings is 1. The normalized spacial score (nSPS) is 13.7. The summed E-state index contributed by atoms with van der Waals surface area (Å²) in [6, 6.07) is 9.95. The van der Waals surface area contributed by atoms with Gasteiger partial charge in [0.2, 0.25) is 0 Å². The second kappa shape index (κ2) is 9.40. The molecule has 3 aromatic rings. The van der Waals surface area contributed by atoms with Crippen LogP contribution in [0.5, 0.6) is 0 Å². The molecule has 2 N–H and O–H groups in total. The van der Waals surface area contributed by atoms with E-state index in [0.717, 1.165) is 42.7 Å². The molecule has 0 unspecified atom stereocenters. The van der Waals surface area contributed by atoms with E-state index in [1.165, 1.54) is 6.42 Å². The fourth-order valence-electron chi connectivity index (χ4n) is 4.22. The number of nitrogens with one attached hydrogen (secondary N) is 2. The molecule has 33 heavy (non-hydrogen) atoms. The van der Waals surface area contributed by atoms with Crippen LogP contribution in [-0.4, -0.2) is 40.8 Å². The highest BCUT2D eigenvalue weighted by molar-refractivity contribution is 6.04. The summed E-state index contributed by atoms with van der Waals surface area (Å²) in [5.74, 6) is -0.401. The van der Waals surface area contributed by atoms with Crippen molar-refractivity contribution in [2.45, 2.75) is 26.2 Å². The predicted molar refractivity (Wildman–Crippen MR) is 129 cm³/mol. The summed E-state index contributed by atoms with van der Waals surface area (Å²) in [5, 5.41) is 5.76. The van der Waals surface area contributed by atoms with Gasteiger partial charge in [0.25, 0.3) is 0 Å². The van der Waals surface area contributed by atoms with Crippen molar-refractivity contribution >= 4 is 40.1 Å². The van der Waals surface area contributed by atoms with E-state index >= 15 is 0 Å². The lowest BCUT2D eigenvalue weighted by Gasteiger charge is -2.30. The van der Waals surface area contributed by atoms with Crippen LogP contribution >= 0.6 is 0 Å². The second-order valence-electron chi connectivity index (χ2n) is 8.18. The number of esters is 1. The maximum atomic E-state index is 12.8. The second-order valence-corrected chi connectivity index (χ2v) is 8.18. The smallest absolute Gasteiger partial charge is 0.338 e. The highest BCUT2D eigenvalue weighted by atomic mass is 16.5. The van der Waals surface area contributed by atoms with E-state index in [-0.39, 0.29) is 5.69 Å². The first-order valence-corrected chi connectivity index (χ1v) is 11.2. The van der Waals surface area contributed by atoms with Gasteiger partial charge in [-0.1, -0.05) is 0 Å². The van der Waals surface area contributed by atoms with Crippen molar-refractivity contribution in [3.05, 3.63) is 52.4 Å². The van der Waals surface area contributed by atoms with Crippen molar-refractivity contribution in [1.29, 1.82) is 0 Å². The summed E-state index contributed by atoms with van der Waals surface area (Å²) in [6.07, 6.45) is 3.36. The number of ether oxygens (including phenoxy) is 1. The molecule has 1 aromatic heterocycles. The van der Waals surface area contributed by atoms with Gasteiger partial charge in [0.15, 0.2) is 0 Å². The quantitative estimate of drug-likeness (QED) is 0.577. The maximum absolute atomic E-state index is 12.8. The van der Waals surface area contributed by atoms with E-state index in [9.17, 15) is 14.4 Å². The summed E-state index contributed by atoms with van der Waals surface area (Å²) in [7, 11) is 3.48. The summed E-state index contributed by atoms with van der Waals surface area (Å²) >= 11 is 0. The number of urea groups is 1. The summed E-state index contributed by atoms with van der Waals surface area (Å²) in [6.45, 7) is 3.86. The minimum Gasteiger partial charge on any atom is -0.462 e. The summed E-state index contributed by atoms with van der Waals surface area (Å²) in [4.78, 5) is 39.3. The van der Waals surface area contributed by atoms with Crippen molar-refractivity contribution in [3.63, 3.8) is 0 Å². The minimum absolute atomic E-state index is 0.113. The monoisotopic (exact) mass is 451 g/mol. The van der Waals surface area contributed by atoms with Crippen molar-refractivity contribution in [2.75, 3.05) is 35.2 Å². The number of aromatic nitrogens is 2. The molecule has 1 fully saturated rings. The van der Waals surface area contributed by atoms with Crippen LogP contribution in [0.15, 0.2) is 41.2 Å². The Kier molecular flexibility index (Phi) is 6.39. The molecule has 174 valence electrons. The molecule has 0 spiro atoms. The molecule has 9 nitrogen and oxygen atoms in total. The summed E-state index contributed by atoms with van der Waals surface area (Å²) in [5.41, 5.74) is 3.97. The third-order valence-electron chi connectivity index (χ3n) is 5.99. The Morgan fingerprint density at radius 2 is 1.58 bits per heavy atom. The van der Waals surface area contributed by atoms with Crippen LogP contribution in [0.25, 0.3) is 11.0 Å². The van der Waals surface area contributed by atoms with Crippen LogP contribution in [0.4, 0.5) is 21.9 Å². The SMILES string of the molecule is CCOC(=O)c1ccc(NC(=O)Nc2cc3c(cc2N2CCCCC2)n(C)c(=O)n3C)cc1. The summed E-state index contributed by atoms with van der Waals surface area (Å²) < 4.78 is 8.18. The number of rotatable bonds is 5. The maximum Gasteiger partial charge on any atom is 0.338 e.